The fourth-order valence-corrected chi connectivity index (χ4v) is 12.5. The van der Waals surface area contributed by atoms with Crippen molar-refractivity contribution in [3.63, 3.8) is 0 Å². The van der Waals surface area contributed by atoms with Gasteiger partial charge in [-0.1, -0.05) is 45.9 Å². The molecule has 111 heavy (non-hydrogen) atoms. The number of nitrogen functional groups attached to an aromatic ring is 1. The molecule has 0 aliphatic rings. The number of nitrogens with zero attached hydrogens (tertiary/aromatic N) is 3. The van der Waals surface area contributed by atoms with Gasteiger partial charge in [-0.15, -0.1) is 0 Å². The number of carbonyl (C=O) groups excluding carboxylic acids is 9. The topological polar surface area (TPSA) is 759 Å². The van der Waals surface area contributed by atoms with E-state index < -0.39 is 308 Å². The second-order valence-corrected chi connectivity index (χ2v) is 28.5. The highest BCUT2D eigenvalue weighted by molar-refractivity contribution is 8.76. The summed E-state index contributed by atoms with van der Waals surface area (Å²) >= 11 is 0. The maximum absolute atomic E-state index is 14.7. The summed E-state index contributed by atoms with van der Waals surface area (Å²) in [6, 6.07) is 0.397. The Hall–Kier alpha value is -8.46. The Morgan fingerprint density at radius 3 is 1.33 bits per heavy atom. The summed E-state index contributed by atoms with van der Waals surface area (Å²) < 4.78 is 0. The third-order valence-corrected chi connectivity index (χ3v) is 19.7. The minimum Gasteiger partial charge on any atom is -0.481 e. The molecule has 0 spiro atoms. The summed E-state index contributed by atoms with van der Waals surface area (Å²) in [6.07, 6.45) is -33.2. The van der Waals surface area contributed by atoms with Crippen LogP contribution in [-0.4, -0.2) is 337 Å². The average molecular weight is 1620 g/mol. The molecule has 3 aromatic rings. The summed E-state index contributed by atoms with van der Waals surface area (Å²) in [7, 11) is 1.90. The van der Waals surface area contributed by atoms with Gasteiger partial charge in [0, 0.05) is 99.9 Å². The van der Waals surface area contributed by atoms with Gasteiger partial charge in [-0.3, -0.25) is 62.5 Å². The number of amides is 6. The molecule has 2 aromatic heterocycles. The van der Waals surface area contributed by atoms with Crippen LogP contribution in [0.25, 0.3) is 11.2 Å². The maximum Gasteiger partial charge on any atom is 0.327 e. The number of carboxylic acids is 3. The van der Waals surface area contributed by atoms with Crippen molar-refractivity contribution in [1.82, 2.24) is 51.8 Å². The zero-order chi connectivity index (χ0) is 83.4. The molecule has 0 fully saturated rings. The Morgan fingerprint density at radius 2 is 0.892 bits per heavy atom. The van der Waals surface area contributed by atoms with E-state index in [2.05, 4.69) is 51.8 Å². The molecule has 45 heteroatoms. The van der Waals surface area contributed by atoms with E-state index in [1.807, 2.05) is 0 Å². The molecule has 0 unspecified atom stereocenters. The van der Waals surface area contributed by atoms with Crippen molar-refractivity contribution in [3.05, 3.63) is 57.6 Å². The number of nitrogens with two attached hydrogens (primary N) is 1. The lowest BCUT2D eigenvalue weighted by Gasteiger charge is -2.26. The van der Waals surface area contributed by atoms with E-state index in [0.29, 0.717) is 17.7 Å². The molecule has 28 N–H and O–H groups in total. The number of anilines is 1. The molecule has 1 aromatic carbocycles. The Kier molecular flexibility index (Phi) is 43.4. The molecule has 18 atom stereocenters. The van der Waals surface area contributed by atoms with Gasteiger partial charge < -0.3 is 135 Å². The number of aromatic amines is 1. The molecule has 622 valence electrons. The molecule has 43 nitrogen and oxygen atoms in total. The van der Waals surface area contributed by atoms with Crippen LogP contribution >= 0.6 is 21.6 Å². The quantitative estimate of drug-likeness (QED) is 0.0142. The van der Waals surface area contributed by atoms with Crippen molar-refractivity contribution in [2.45, 2.75) is 188 Å². The van der Waals surface area contributed by atoms with Gasteiger partial charge in [-0.05, 0) is 50.5 Å². The highest BCUT2D eigenvalue weighted by Crippen LogP contribution is 2.25. The number of rotatable bonds is 57. The molecule has 2 heterocycles. The molecule has 6 amide bonds. The maximum atomic E-state index is 14.7. The van der Waals surface area contributed by atoms with Crippen LogP contribution in [0.3, 0.4) is 0 Å². The van der Waals surface area contributed by atoms with E-state index >= 15 is 0 Å². The van der Waals surface area contributed by atoms with E-state index in [1.54, 1.807) is 12.1 Å². The van der Waals surface area contributed by atoms with Gasteiger partial charge >= 0.3 is 17.9 Å². The molecule has 0 saturated heterocycles. The van der Waals surface area contributed by atoms with Gasteiger partial charge in [0.1, 0.15) is 61.0 Å². The van der Waals surface area contributed by atoms with Crippen LogP contribution in [-0.2, 0) is 65.6 Å². The van der Waals surface area contributed by atoms with E-state index in [4.69, 9.17) is 10.8 Å². The predicted molar refractivity (Wildman–Crippen MR) is 384 cm³/mol. The van der Waals surface area contributed by atoms with Crippen molar-refractivity contribution in [3.8, 4) is 0 Å². The summed E-state index contributed by atoms with van der Waals surface area (Å²) in [5.74, 6) is -20.2. The minimum atomic E-state index is -2.19. The van der Waals surface area contributed by atoms with Crippen molar-refractivity contribution in [1.29, 1.82) is 0 Å². The van der Waals surface area contributed by atoms with Gasteiger partial charge in [-0.2, -0.15) is 4.98 Å². The Balaban J connectivity index is 2.04. The highest BCUT2D eigenvalue weighted by atomic mass is 33.1. The lowest BCUT2D eigenvalue weighted by Crippen LogP contribution is -2.50. The Morgan fingerprint density at radius 1 is 0.468 bits per heavy atom. The number of benzene rings is 1. The highest BCUT2D eigenvalue weighted by Gasteiger charge is 2.38. The summed E-state index contributed by atoms with van der Waals surface area (Å²) in [5.41, 5.74) is 6.15. The Labute approximate surface area is 639 Å². The van der Waals surface area contributed by atoms with Gasteiger partial charge in [0.15, 0.2) is 28.5 Å². The SMILES string of the molecule is Nc1nc2ncc(CCc3ccc(C(=O)C[C@@H](CCC(=O)N[C@@H](CCC(=O)NC[C@H](O)[C@@H](O)[C@H](O)[C@H](O)CO)C(=O)C[C@@H](CCC(=O)O)C(=O)N[C@@H](CCC(=O)NC[C@H](O)[C@@H](O)[C@H](O)[C@H](O)CO)C(=O)C[C@@H](CCC(=O)NC[C@H](O)[C@@H](O)[C@H](O)[C@H](O)CO)C(=O)N[C@@H](CSSCCO)C(=O)O)C(=O)O)cc3)nc2c(=O)[nH]1. The van der Waals surface area contributed by atoms with Crippen LogP contribution in [0.15, 0.2) is 35.3 Å². The largest absolute Gasteiger partial charge is 0.481 e. The smallest absolute Gasteiger partial charge is 0.327 e. The first-order valence-corrected chi connectivity index (χ1v) is 37.3. The first-order chi connectivity index (χ1) is 52.4. The number of fused-ring (bicyclic) bond motifs is 1. The zero-order valence-electron chi connectivity index (χ0n) is 59.8. The number of carbonyl (C=O) groups is 12. The van der Waals surface area contributed by atoms with Gasteiger partial charge in [-0.25, -0.2) is 14.8 Å². The molecule has 0 aliphatic carbocycles. The zero-order valence-corrected chi connectivity index (χ0v) is 61.4. The van der Waals surface area contributed by atoms with Crippen molar-refractivity contribution < 1.29 is 155 Å². The number of aromatic nitrogens is 4. The van der Waals surface area contributed by atoms with Crippen LogP contribution in [0, 0.1) is 17.8 Å². The number of aryl methyl sites for hydroxylation is 2. The molecule has 0 saturated carbocycles. The second kappa shape index (κ2) is 49.8. The van der Waals surface area contributed by atoms with Crippen molar-refractivity contribution >= 4 is 109 Å². The minimum absolute atomic E-state index is 0.0295. The number of aliphatic hydroxyl groups excluding tert-OH is 16. The Bertz CT molecular complexity index is 3610. The number of hydrogen-bond acceptors (Lipinski definition) is 35. The summed E-state index contributed by atoms with van der Waals surface area (Å²) in [6.45, 7) is -6.07. The van der Waals surface area contributed by atoms with Crippen LogP contribution in [0.5, 0.6) is 0 Å². The van der Waals surface area contributed by atoms with Gasteiger partial charge in [0.05, 0.1) is 74.6 Å². The summed E-state index contributed by atoms with van der Waals surface area (Å²) in [4.78, 5) is 190. The average Bonchev–Trinajstić information content (AvgIpc) is 0.814. The van der Waals surface area contributed by atoms with Crippen LogP contribution in [0.4, 0.5) is 5.95 Å². The molecule has 0 bridgehead atoms. The number of hydrogen-bond donors (Lipinski definition) is 27. The number of carboxylic acid groups (broad SMARTS) is 3. The second-order valence-electron chi connectivity index (χ2n) is 25.9. The van der Waals surface area contributed by atoms with Crippen LogP contribution < -0.4 is 43.2 Å². The number of nitrogens with one attached hydrogen (secondary N) is 7. The molecular weight excluding hydrogens is 1520 g/mol. The number of H-pyrrole nitrogens is 1. The first-order valence-electron chi connectivity index (χ1n) is 34.8. The monoisotopic (exact) mass is 1620 g/mol. The number of aliphatic carboxylic acids is 3. The van der Waals surface area contributed by atoms with Crippen molar-refractivity contribution in [2.75, 3.05) is 63.3 Å². The number of ketones is 3. The predicted octanol–water partition coefficient (Wildman–Crippen LogP) is -9.94. The number of aliphatic hydroxyl groups is 16. The van der Waals surface area contributed by atoms with E-state index in [1.165, 1.54) is 18.3 Å². The van der Waals surface area contributed by atoms with Crippen molar-refractivity contribution in [2.24, 2.45) is 17.8 Å². The fraction of sp³-hybridized carbons (Fsp3) is 0.636. The molecule has 0 radical (unpaired) electrons. The standard InChI is InChI=1S/C66H99N11O32S2/c67-66-76-60-53(63(105)77-66)72-35(22-71-60)9-3-30-1-4-31(5-2-30)39(82)21-34(64(106)107)7-13-51(94)73-36(10-14-49(92)69-24-43(86)55(98)58(101)46(89)27-80)40(83)20-33(8-16-52(95)96)61(103)74-37(11-15-50(93)70-25-44(87)56(99)59(102)47(90)28-81)41(84)19-32(62(104)75-38(65(108)109)29-111-110-18-17-78)6-12-48(91)68-23-42(85)54(97)57(100)45(88)26-79/h1-2,4-5,22,32-34,36-38,42-47,54-59,78-81,85-90,97-102H,3,6-21,23-29H2,(H,68,91)(H,69,92)(H,70,93)(H,73,94)(H,74,103)(H,75,104)(H,95,96)(H,106,107)(H,108,109)(H3,67,71,76,77,105)/t32-,33-,34-,36+,37+,38+,42+,43+,44+,45-,46-,47-,54-,55-,56-,57-,58-,59-/m1/s1. The fourth-order valence-electron chi connectivity index (χ4n) is 10.6. The lowest BCUT2D eigenvalue weighted by atomic mass is 9.89. The van der Waals surface area contributed by atoms with Crippen LogP contribution in [0.1, 0.15) is 105 Å². The molecule has 0 aliphatic heterocycles. The van der Waals surface area contributed by atoms with Crippen LogP contribution in [0.2, 0.25) is 0 Å². The van der Waals surface area contributed by atoms with Gasteiger partial charge in [0.2, 0.25) is 41.4 Å². The normalized spacial score (nSPS) is 16.5. The van der Waals surface area contributed by atoms with Gasteiger partial charge in [0.25, 0.3) is 5.56 Å². The van der Waals surface area contributed by atoms with E-state index in [-0.39, 0.29) is 47.2 Å². The summed E-state index contributed by atoms with van der Waals surface area (Å²) in [5, 5.41) is 202. The molecular formula is C66H99N11O32S2. The lowest BCUT2D eigenvalue weighted by molar-refractivity contribution is -0.142. The first kappa shape index (κ1) is 96.7. The van der Waals surface area contributed by atoms with E-state index in [0.717, 1.165) is 21.6 Å². The van der Waals surface area contributed by atoms with E-state index in [9.17, 15) is 154 Å². The number of Topliss-reactive ketones (excluding diaryl/α,β-unsaturated/α-hetero) is 3. The molecule has 3 rings (SSSR count). The third-order valence-electron chi connectivity index (χ3n) is 17.4. The third kappa shape index (κ3) is 34.2.